The number of methoxy groups -OCH3 is 1. The number of amides is 1. The molecule has 8 nitrogen and oxygen atoms in total. The third-order valence-corrected chi connectivity index (χ3v) is 4.78. The molecule has 0 atom stereocenters. The largest absolute Gasteiger partial charge is 0.504 e. The van der Waals surface area contributed by atoms with Gasteiger partial charge in [0.05, 0.1) is 23.9 Å². The zero-order valence-electron chi connectivity index (χ0n) is 13.9. The summed E-state index contributed by atoms with van der Waals surface area (Å²) < 4.78 is 5.72. The van der Waals surface area contributed by atoms with Gasteiger partial charge in [-0.3, -0.25) is 4.79 Å². The minimum Gasteiger partial charge on any atom is -0.504 e. The molecule has 1 amide bonds. The Hall–Kier alpha value is -2.98. The van der Waals surface area contributed by atoms with Gasteiger partial charge in [-0.2, -0.15) is 10.1 Å². The van der Waals surface area contributed by atoms with Gasteiger partial charge in [0.2, 0.25) is 0 Å². The lowest BCUT2D eigenvalue weighted by Crippen LogP contribution is -2.24. The molecule has 3 aromatic rings. The van der Waals surface area contributed by atoms with Crippen LogP contribution in [0.25, 0.3) is 10.6 Å². The van der Waals surface area contributed by atoms with Crippen molar-refractivity contribution >= 4 is 39.4 Å². The average molecular weight is 449 g/mol. The van der Waals surface area contributed by atoms with E-state index in [1.807, 2.05) is 17.5 Å². The first kappa shape index (κ1) is 18.8. The number of rotatable bonds is 5. The molecule has 3 N–H and O–H groups in total. The van der Waals surface area contributed by atoms with Crippen molar-refractivity contribution in [3.8, 4) is 22.1 Å². The van der Waals surface area contributed by atoms with Crippen molar-refractivity contribution in [1.82, 2.24) is 15.4 Å². The maximum atomic E-state index is 12.3. The van der Waals surface area contributed by atoms with Crippen LogP contribution in [0.5, 0.6) is 11.5 Å². The number of phenols is 1. The summed E-state index contributed by atoms with van der Waals surface area (Å²) in [6, 6.07) is 8.32. The first-order chi connectivity index (χ1) is 13.0. The summed E-state index contributed by atoms with van der Waals surface area (Å²) in [5.41, 5.74) is 2.40. The van der Waals surface area contributed by atoms with Gasteiger partial charge in [0.25, 0.3) is 5.91 Å². The molecule has 10 heteroatoms. The number of hydrogen-bond acceptors (Lipinski definition) is 7. The molecule has 2 aromatic heterocycles. The van der Waals surface area contributed by atoms with Crippen LogP contribution in [0.4, 0.5) is 0 Å². The zero-order valence-corrected chi connectivity index (χ0v) is 16.3. The second-order valence-electron chi connectivity index (χ2n) is 5.21. The van der Waals surface area contributed by atoms with Gasteiger partial charge in [-0.1, -0.05) is 22.0 Å². The normalized spacial score (nSPS) is 10.9. The first-order valence-electron chi connectivity index (χ1n) is 7.53. The second-order valence-corrected chi connectivity index (χ2v) is 7.07. The quantitative estimate of drug-likeness (QED) is 0.409. The molecular weight excluding hydrogens is 436 g/mol. The molecule has 0 radical (unpaired) electrons. The highest BCUT2D eigenvalue weighted by atomic mass is 79.9. The summed E-state index contributed by atoms with van der Waals surface area (Å²) in [4.78, 5) is 31.0. The van der Waals surface area contributed by atoms with Gasteiger partial charge >= 0.3 is 5.69 Å². The number of hydrogen-bond donors (Lipinski definition) is 3. The Morgan fingerprint density at radius 1 is 1.44 bits per heavy atom. The SMILES string of the molecule is COc1cc(Br)cc(/C=N/NC(=O)c2cc(-c3cccs3)[nH]c(=O)n2)c1O. The Morgan fingerprint density at radius 3 is 2.96 bits per heavy atom. The predicted molar refractivity (Wildman–Crippen MR) is 106 cm³/mol. The Morgan fingerprint density at radius 2 is 2.26 bits per heavy atom. The first-order valence-corrected chi connectivity index (χ1v) is 9.20. The minimum atomic E-state index is -0.656. The lowest BCUT2D eigenvalue weighted by atomic mass is 10.2. The van der Waals surface area contributed by atoms with Crippen LogP contribution in [0, 0.1) is 0 Å². The van der Waals surface area contributed by atoms with E-state index in [4.69, 9.17) is 4.74 Å². The summed E-state index contributed by atoms with van der Waals surface area (Å²) >= 11 is 4.72. The number of carbonyl (C=O) groups is 1. The molecule has 3 rings (SSSR count). The van der Waals surface area contributed by atoms with Crippen LogP contribution in [-0.4, -0.2) is 34.3 Å². The van der Waals surface area contributed by atoms with Gasteiger partial charge in [0.1, 0.15) is 5.69 Å². The van der Waals surface area contributed by atoms with Gasteiger partial charge < -0.3 is 14.8 Å². The molecule has 0 saturated heterocycles. The van der Waals surface area contributed by atoms with E-state index in [0.717, 1.165) is 4.88 Å². The second kappa shape index (κ2) is 8.14. The molecule has 138 valence electrons. The van der Waals surface area contributed by atoms with Gasteiger partial charge in [-0.05, 0) is 29.6 Å². The zero-order chi connectivity index (χ0) is 19.4. The summed E-state index contributed by atoms with van der Waals surface area (Å²) in [7, 11) is 1.42. The topological polar surface area (TPSA) is 117 Å². The van der Waals surface area contributed by atoms with Gasteiger partial charge in [0, 0.05) is 10.0 Å². The molecule has 0 bridgehead atoms. The molecule has 0 saturated carbocycles. The van der Waals surface area contributed by atoms with Crippen LogP contribution in [0.2, 0.25) is 0 Å². The molecule has 1 aromatic carbocycles. The summed E-state index contributed by atoms with van der Waals surface area (Å²) in [5.74, 6) is -0.515. The fourth-order valence-electron chi connectivity index (χ4n) is 2.20. The average Bonchev–Trinajstić information content (AvgIpc) is 3.18. The van der Waals surface area contributed by atoms with Crippen LogP contribution < -0.4 is 15.9 Å². The van der Waals surface area contributed by atoms with E-state index in [1.165, 1.54) is 30.7 Å². The van der Waals surface area contributed by atoms with Crippen LogP contribution in [0.1, 0.15) is 16.1 Å². The molecule has 27 heavy (non-hydrogen) atoms. The number of aromatic amines is 1. The van der Waals surface area contributed by atoms with E-state index in [-0.39, 0.29) is 17.2 Å². The standard InChI is InChI=1S/C17H13BrN4O4S/c1-26-13-6-10(18)5-9(15(13)23)8-19-22-16(24)12-7-11(20-17(25)21-12)14-3-2-4-27-14/h2-8,23H,1H3,(H,22,24)(H,20,21,25)/b19-8+. The lowest BCUT2D eigenvalue weighted by Gasteiger charge is -2.06. The molecule has 0 unspecified atom stereocenters. The van der Waals surface area contributed by atoms with Crippen molar-refractivity contribution in [2.45, 2.75) is 0 Å². The molecular formula is C17H13BrN4O4S. The van der Waals surface area contributed by atoms with Crippen molar-refractivity contribution in [2.24, 2.45) is 5.10 Å². The number of hydrazone groups is 1. The maximum Gasteiger partial charge on any atom is 0.346 e. The maximum absolute atomic E-state index is 12.3. The van der Waals surface area contributed by atoms with Crippen LogP contribution in [0.15, 0.2) is 50.1 Å². The number of benzene rings is 1. The third kappa shape index (κ3) is 4.41. The summed E-state index contributed by atoms with van der Waals surface area (Å²) in [6.07, 6.45) is 1.26. The number of carbonyl (C=O) groups excluding carboxylic acids is 1. The fraction of sp³-hybridized carbons (Fsp3) is 0.0588. The van der Waals surface area contributed by atoms with E-state index in [0.29, 0.717) is 15.7 Å². The van der Waals surface area contributed by atoms with Crippen molar-refractivity contribution < 1.29 is 14.6 Å². The highest BCUT2D eigenvalue weighted by Crippen LogP contribution is 2.32. The van der Waals surface area contributed by atoms with Crippen LogP contribution in [-0.2, 0) is 0 Å². The number of halogens is 1. The Balaban J connectivity index is 1.80. The summed E-state index contributed by atoms with van der Waals surface area (Å²) in [6.45, 7) is 0. The monoisotopic (exact) mass is 448 g/mol. The Bertz CT molecular complexity index is 1060. The van der Waals surface area contributed by atoms with Crippen molar-refractivity contribution in [1.29, 1.82) is 0 Å². The molecule has 2 heterocycles. The number of aromatic nitrogens is 2. The van der Waals surface area contributed by atoms with Crippen LogP contribution >= 0.6 is 27.3 Å². The highest BCUT2D eigenvalue weighted by Gasteiger charge is 2.12. The summed E-state index contributed by atoms with van der Waals surface area (Å²) in [5, 5.41) is 15.7. The lowest BCUT2D eigenvalue weighted by molar-refractivity contribution is 0.0949. The smallest absolute Gasteiger partial charge is 0.346 e. The number of ether oxygens (including phenoxy) is 1. The predicted octanol–water partition coefficient (Wildman–Crippen LogP) is 2.74. The van der Waals surface area contributed by atoms with E-state index >= 15 is 0 Å². The molecule has 0 fully saturated rings. The van der Waals surface area contributed by atoms with Gasteiger partial charge in [0.15, 0.2) is 11.5 Å². The number of phenolic OH excluding ortho intramolecular Hbond substituents is 1. The van der Waals surface area contributed by atoms with E-state index in [2.05, 4.69) is 36.4 Å². The van der Waals surface area contributed by atoms with Crippen molar-refractivity contribution in [2.75, 3.05) is 7.11 Å². The van der Waals surface area contributed by atoms with E-state index in [9.17, 15) is 14.7 Å². The molecule has 0 aliphatic carbocycles. The number of nitrogens with zero attached hydrogens (tertiary/aromatic N) is 2. The Kier molecular flexibility index (Phi) is 5.67. The molecule has 0 spiro atoms. The minimum absolute atomic E-state index is 0.0738. The van der Waals surface area contributed by atoms with Crippen molar-refractivity contribution in [3.05, 3.63) is 61.9 Å². The van der Waals surface area contributed by atoms with Gasteiger partial charge in [-0.15, -0.1) is 11.3 Å². The molecule has 0 aliphatic rings. The number of aromatic hydroxyl groups is 1. The number of thiophene rings is 1. The number of H-pyrrole nitrogens is 1. The third-order valence-electron chi connectivity index (χ3n) is 3.42. The van der Waals surface area contributed by atoms with Gasteiger partial charge in [-0.25, -0.2) is 10.2 Å². The van der Waals surface area contributed by atoms with E-state index in [1.54, 1.807) is 12.1 Å². The number of nitrogens with one attached hydrogen (secondary N) is 2. The van der Waals surface area contributed by atoms with Crippen molar-refractivity contribution in [3.63, 3.8) is 0 Å². The van der Waals surface area contributed by atoms with E-state index < -0.39 is 11.6 Å². The molecule has 0 aliphatic heterocycles. The fourth-order valence-corrected chi connectivity index (χ4v) is 3.36. The highest BCUT2D eigenvalue weighted by molar-refractivity contribution is 9.10. The van der Waals surface area contributed by atoms with Crippen LogP contribution in [0.3, 0.4) is 0 Å². The Labute approximate surface area is 165 Å².